The standard InChI is InChI=1S/C10H15N3O2/c1-12-3-2-11-9(12)6-13-5-8(7-14)4-10(13)15/h2-3,8,14H,4-7H2,1H3. The van der Waals surface area contributed by atoms with E-state index in [1.807, 2.05) is 17.8 Å². The van der Waals surface area contributed by atoms with E-state index >= 15 is 0 Å². The summed E-state index contributed by atoms with van der Waals surface area (Å²) < 4.78 is 1.90. The Hall–Kier alpha value is -1.36. The molecule has 2 rings (SSSR count). The van der Waals surface area contributed by atoms with E-state index in [1.54, 1.807) is 11.1 Å². The van der Waals surface area contributed by atoms with Crippen LogP contribution in [0.5, 0.6) is 0 Å². The van der Waals surface area contributed by atoms with Crippen LogP contribution in [-0.2, 0) is 18.4 Å². The summed E-state index contributed by atoms with van der Waals surface area (Å²) in [5.74, 6) is 1.08. The van der Waals surface area contributed by atoms with Gasteiger partial charge in [0.25, 0.3) is 0 Å². The normalized spacial score (nSPS) is 21.3. The Morgan fingerprint density at radius 1 is 1.67 bits per heavy atom. The summed E-state index contributed by atoms with van der Waals surface area (Å²) in [6.45, 7) is 1.27. The van der Waals surface area contributed by atoms with Gasteiger partial charge in [-0.1, -0.05) is 0 Å². The Kier molecular flexibility index (Phi) is 2.73. The van der Waals surface area contributed by atoms with E-state index in [4.69, 9.17) is 5.11 Å². The van der Waals surface area contributed by atoms with Crippen molar-refractivity contribution in [1.82, 2.24) is 14.5 Å². The molecule has 1 aliphatic heterocycles. The van der Waals surface area contributed by atoms with Gasteiger partial charge >= 0.3 is 0 Å². The molecule has 1 atom stereocenters. The van der Waals surface area contributed by atoms with Crippen molar-refractivity contribution >= 4 is 5.91 Å². The maximum absolute atomic E-state index is 11.6. The summed E-state index contributed by atoms with van der Waals surface area (Å²) in [4.78, 5) is 17.5. The number of carbonyl (C=O) groups excluding carboxylic acids is 1. The molecule has 1 aromatic rings. The SMILES string of the molecule is Cn1ccnc1CN1CC(CO)CC1=O. The molecule has 15 heavy (non-hydrogen) atoms. The van der Waals surface area contributed by atoms with Gasteiger partial charge in [-0.25, -0.2) is 4.98 Å². The van der Waals surface area contributed by atoms with E-state index in [0.717, 1.165) is 5.82 Å². The number of hydrogen-bond acceptors (Lipinski definition) is 3. The van der Waals surface area contributed by atoms with Gasteiger partial charge < -0.3 is 14.6 Å². The van der Waals surface area contributed by atoms with Crippen molar-refractivity contribution in [2.75, 3.05) is 13.2 Å². The quantitative estimate of drug-likeness (QED) is 0.747. The van der Waals surface area contributed by atoms with Crippen LogP contribution in [-0.4, -0.2) is 38.6 Å². The van der Waals surface area contributed by atoms with Crippen LogP contribution in [0, 0.1) is 5.92 Å². The number of amides is 1. The molecule has 1 saturated heterocycles. The van der Waals surface area contributed by atoms with E-state index < -0.39 is 0 Å². The lowest BCUT2D eigenvalue weighted by Gasteiger charge is -2.15. The number of imidazole rings is 1. The molecule has 1 aromatic heterocycles. The summed E-state index contributed by atoms with van der Waals surface area (Å²) in [5.41, 5.74) is 0. The highest BCUT2D eigenvalue weighted by Crippen LogP contribution is 2.18. The van der Waals surface area contributed by atoms with Gasteiger partial charge in [0, 0.05) is 44.9 Å². The highest BCUT2D eigenvalue weighted by Gasteiger charge is 2.29. The van der Waals surface area contributed by atoms with Gasteiger partial charge in [-0.2, -0.15) is 0 Å². The number of aryl methyl sites for hydroxylation is 1. The number of aromatic nitrogens is 2. The van der Waals surface area contributed by atoms with Crippen LogP contribution in [0.3, 0.4) is 0 Å². The van der Waals surface area contributed by atoms with Crippen molar-refractivity contribution in [1.29, 1.82) is 0 Å². The minimum atomic E-state index is 0.0861. The predicted octanol–water partition coefficient (Wildman–Crippen LogP) is -0.239. The average Bonchev–Trinajstić information content (AvgIpc) is 2.76. The molecule has 0 radical (unpaired) electrons. The minimum Gasteiger partial charge on any atom is -0.396 e. The summed E-state index contributed by atoms with van der Waals surface area (Å²) in [7, 11) is 1.91. The lowest BCUT2D eigenvalue weighted by Crippen LogP contribution is -2.26. The van der Waals surface area contributed by atoms with E-state index in [-0.39, 0.29) is 18.4 Å². The van der Waals surface area contributed by atoms with E-state index in [0.29, 0.717) is 19.5 Å². The molecule has 0 spiro atoms. The first-order chi connectivity index (χ1) is 7.20. The van der Waals surface area contributed by atoms with Gasteiger partial charge in [0.1, 0.15) is 5.82 Å². The van der Waals surface area contributed by atoms with Gasteiger partial charge in [-0.05, 0) is 0 Å². The van der Waals surface area contributed by atoms with Crippen LogP contribution in [0.1, 0.15) is 12.2 Å². The third-order valence-corrected chi connectivity index (χ3v) is 2.81. The molecule has 0 aliphatic carbocycles. The smallest absolute Gasteiger partial charge is 0.223 e. The largest absolute Gasteiger partial charge is 0.396 e. The van der Waals surface area contributed by atoms with Crippen LogP contribution < -0.4 is 0 Å². The molecule has 1 aliphatic rings. The number of rotatable bonds is 3. The van der Waals surface area contributed by atoms with Gasteiger partial charge in [-0.15, -0.1) is 0 Å². The van der Waals surface area contributed by atoms with Crippen LogP contribution in [0.25, 0.3) is 0 Å². The third kappa shape index (κ3) is 2.02. The molecule has 82 valence electrons. The number of carbonyl (C=O) groups is 1. The first kappa shape index (κ1) is 10.2. The third-order valence-electron chi connectivity index (χ3n) is 2.81. The van der Waals surface area contributed by atoms with Crippen molar-refractivity contribution in [2.45, 2.75) is 13.0 Å². The van der Waals surface area contributed by atoms with Crippen LogP contribution in [0.2, 0.25) is 0 Å². The number of hydrogen-bond donors (Lipinski definition) is 1. The maximum Gasteiger partial charge on any atom is 0.223 e. The lowest BCUT2D eigenvalue weighted by atomic mass is 10.1. The molecule has 0 saturated carbocycles. The first-order valence-electron chi connectivity index (χ1n) is 5.05. The molecule has 1 amide bonds. The fourth-order valence-electron chi connectivity index (χ4n) is 1.85. The van der Waals surface area contributed by atoms with Crippen LogP contribution >= 0.6 is 0 Å². The Morgan fingerprint density at radius 2 is 2.47 bits per heavy atom. The zero-order valence-electron chi connectivity index (χ0n) is 8.76. The minimum absolute atomic E-state index is 0.0861. The van der Waals surface area contributed by atoms with Gasteiger partial charge in [-0.3, -0.25) is 4.79 Å². The van der Waals surface area contributed by atoms with E-state index in [2.05, 4.69) is 4.98 Å². The topological polar surface area (TPSA) is 58.4 Å². The second kappa shape index (κ2) is 4.02. The zero-order chi connectivity index (χ0) is 10.8. The average molecular weight is 209 g/mol. The number of likely N-dealkylation sites (tertiary alicyclic amines) is 1. The molecular weight excluding hydrogens is 194 g/mol. The lowest BCUT2D eigenvalue weighted by molar-refractivity contribution is -0.128. The monoisotopic (exact) mass is 209 g/mol. The molecule has 1 unspecified atom stereocenters. The Balaban J connectivity index is 2.01. The van der Waals surface area contributed by atoms with Gasteiger partial charge in [0.05, 0.1) is 6.54 Å². The van der Waals surface area contributed by atoms with E-state index in [1.165, 1.54) is 0 Å². The van der Waals surface area contributed by atoms with Crippen molar-refractivity contribution in [3.05, 3.63) is 18.2 Å². The molecule has 2 heterocycles. The first-order valence-corrected chi connectivity index (χ1v) is 5.05. The molecule has 1 N–H and O–H groups in total. The zero-order valence-corrected chi connectivity index (χ0v) is 8.76. The maximum atomic E-state index is 11.6. The van der Waals surface area contributed by atoms with Crippen molar-refractivity contribution < 1.29 is 9.90 Å². The summed E-state index contributed by atoms with van der Waals surface area (Å²) >= 11 is 0. The van der Waals surface area contributed by atoms with Crippen molar-refractivity contribution in [3.63, 3.8) is 0 Å². The van der Waals surface area contributed by atoms with Crippen molar-refractivity contribution in [2.24, 2.45) is 13.0 Å². The number of aliphatic hydroxyl groups excluding tert-OH is 1. The summed E-state index contributed by atoms with van der Waals surface area (Å²) in [5, 5.41) is 8.98. The second-order valence-electron chi connectivity index (χ2n) is 3.98. The Morgan fingerprint density at radius 3 is 3.00 bits per heavy atom. The molecule has 0 bridgehead atoms. The van der Waals surface area contributed by atoms with Crippen molar-refractivity contribution in [3.8, 4) is 0 Å². The van der Waals surface area contributed by atoms with E-state index in [9.17, 15) is 4.79 Å². The molecule has 5 nitrogen and oxygen atoms in total. The van der Waals surface area contributed by atoms with Gasteiger partial charge in [0.15, 0.2) is 0 Å². The fraction of sp³-hybridized carbons (Fsp3) is 0.600. The van der Waals surface area contributed by atoms with Crippen LogP contribution in [0.4, 0.5) is 0 Å². The fourth-order valence-corrected chi connectivity index (χ4v) is 1.85. The summed E-state index contributed by atoms with van der Waals surface area (Å²) in [6.07, 6.45) is 4.04. The number of nitrogens with zero attached hydrogens (tertiary/aromatic N) is 3. The molecular formula is C10H15N3O2. The second-order valence-corrected chi connectivity index (χ2v) is 3.98. The molecule has 0 aromatic carbocycles. The summed E-state index contributed by atoms with van der Waals surface area (Å²) in [6, 6.07) is 0. The predicted molar refractivity (Wildman–Crippen MR) is 53.8 cm³/mol. The Bertz CT molecular complexity index is 361. The highest BCUT2D eigenvalue weighted by molar-refractivity contribution is 5.78. The van der Waals surface area contributed by atoms with Gasteiger partial charge in [0.2, 0.25) is 5.91 Å². The number of aliphatic hydroxyl groups is 1. The van der Waals surface area contributed by atoms with Crippen LogP contribution in [0.15, 0.2) is 12.4 Å². The Labute approximate surface area is 88.3 Å². The highest BCUT2D eigenvalue weighted by atomic mass is 16.3. The molecule has 1 fully saturated rings. The molecule has 5 heteroatoms.